The van der Waals surface area contributed by atoms with Crippen LogP contribution >= 0.6 is 0 Å². The zero-order valence-corrected chi connectivity index (χ0v) is 11.8. The van der Waals surface area contributed by atoms with Crippen LogP contribution in [0.3, 0.4) is 0 Å². The highest BCUT2D eigenvalue weighted by atomic mass is 16.5. The van der Waals surface area contributed by atoms with Gasteiger partial charge in [-0.25, -0.2) is 0 Å². The molecule has 1 aromatic rings. The first kappa shape index (κ1) is 14.9. The smallest absolute Gasteiger partial charge is 0.223 e. The Morgan fingerprint density at radius 2 is 1.90 bits per heavy atom. The average molecular weight is 277 g/mol. The van der Waals surface area contributed by atoms with Gasteiger partial charge in [0.25, 0.3) is 0 Å². The molecule has 1 aromatic carbocycles. The molecule has 0 spiro atoms. The molecular formula is C16H23NO3. The van der Waals surface area contributed by atoms with Gasteiger partial charge in [-0.3, -0.25) is 4.79 Å². The monoisotopic (exact) mass is 277 g/mol. The van der Waals surface area contributed by atoms with Gasteiger partial charge < -0.3 is 15.2 Å². The predicted octanol–water partition coefficient (Wildman–Crippen LogP) is 2.27. The Morgan fingerprint density at radius 3 is 2.60 bits per heavy atom. The summed E-state index contributed by atoms with van der Waals surface area (Å²) in [7, 11) is 0. The molecule has 1 aliphatic rings. The molecule has 0 unspecified atom stereocenters. The van der Waals surface area contributed by atoms with Crippen molar-refractivity contribution in [2.75, 3.05) is 13.2 Å². The summed E-state index contributed by atoms with van der Waals surface area (Å²) in [6.45, 7) is 0.714. The van der Waals surface area contributed by atoms with E-state index in [2.05, 4.69) is 5.32 Å². The second kappa shape index (κ2) is 7.29. The van der Waals surface area contributed by atoms with E-state index in [1.165, 1.54) is 6.42 Å². The van der Waals surface area contributed by atoms with Crippen molar-refractivity contribution < 1.29 is 14.6 Å². The summed E-state index contributed by atoms with van der Waals surface area (Å²) in [5.74, 6) is 0.700. The standard InChI is InChI=1S/C16H23NO3/c18-15(9-12-20-14-7-3-1-4-8-14)17-13-16(19)10-5-2-6-11-16/h1,3-4,7-8,19H,2,5-6,9-13H2,(H,17,18). The third-order valence-electron chi connectivity index (χ3n) is 3.74. The summed E-state index contributed by atoms with van der Waals surface area (Å²) in [6, 6.07) is 9.44. The fourth-order valence-corrected chi connectivity index (χ4v) is 2.52. The Morgan fingerprint density at radius 1 is 1.20 bits per heavy atom. The molecule has 0 heterocycles. The summed E-state index contributed by atoms with van der Waals surface area (Å²) < 4.78 is 5.47. The topological polar surface area (TPSA) is 58.6 Å². The van der Waals surface area contributed by atoms with Crippen molar-refractivity contribution in [1.82, 2.24) is 5.32 Å². The number of amides is 1. The zero-order chi connectivity index (χ0) is 14.3. The van der Waals surface area contributed by atoms with Crippen molar-refractivity contribution in [2.24, 2.45) is 0 Å². The number of ether oxygens (including phenoxy) is 1. The average Bonchev–Trinajstić information content (AvgIpc) is 2.47. The molecule has 0 saturated heterocycles. The van der Waals surface area contributed by atoms with E-state index in [-0.39, 0.29) is 5.91 Å². The maximum Gasteiger partial charge on any atom is 0.223 e. The Kier molecular flexibility index (Phi) is 5.41. The van der Waals surface area contributed by atoms with Crippen LogP contribution in [0.1, 0.15) is 38.5 Å². The Balaban J connectivity index is 1.63. The summed E-state index contributed by atoms with van der Waals surface area (Å²) in [4.78, 5) is 11.7. The molecule has 1 aliphatic carbocycles. The lowest BCUT2D eigenvalue weighted by Gasteiger charge is -2.32. The van der Waals surface area contributed by atoms with Gasteiger partial charge in [-0.2, -0.15) is 0 Å². The molecule has 4 nitrogen and oxygen atoms in total. The number of hydrogen-bond acceptors (Lipinski definition) is 3. The molecule has 2 N–H and O–H groups in total. The lowest BCUT2D eigenvalue weighted by molar-refractivity contribution is -0.123. The first-order valence-electron chi connectivity index (χ1n) is 7.35. The summed E-state index contributed by atoms with van der Waals surface area (Å²) in [5, 5.41) is 13.1. The highest BCUT2D eigenvalue weighted by molar-refractivity contribution is 5.76. The van der Waals surface area contributed by atoms with Crippen LogP contribution in [-0.4, -0.2) is 29.8 Å². The third kappa shape index (κ3) is 4.85. The van der Waals surface area contributed by atoms with Crippen molar-refractivity contribution in [3.05, 3.63) is 30.3 Å². The second-order valence-corrected chi connectivity index (χ2v) is 5.47. The first-order chi connectivity index (χ1) is 9.68. The number of carbonyl (C=O) groups excluding carboxylic acids is 1. The molecule has 1 saturated carbocycles. The fourth-order valence-electron chi connectivity index (χ4n) is 2.52. The van der Waals surface area contributed by atoms with E-state index in [9.17, 15) is 9.90 Å². The number of nitrogens with one attached hydrogen (secondary N) is 1. The van der Waals surface area contributed by atoms with Gasteiger partial charge in [-0.15, -0.1) is 0 Å². The molecule has 0 atom stereocenters. The van der Waals surface area contributed by atoms with E-state index in [4.69, 9.17) is 4.74 Å². The van der Waals surface area contributed by atoms with Gasteiger partial charge in [-0.05, 0) is 25.0 Å². The molecule has 1 amide bonds. The molecule has 1 fully saturated rings. The van der Waals surface area contributed by atoms with Crippen LogP contribution in [0.4, 0.5) is 0 Å². The number of carbonyl (C=O) groups is 1. The van der Waals surface area contributed by atoms with E-state index >= 15 is 0 Å². The number of hydrogen-bond donors (Lipinski definition) is 2. The van der Waals surface area contributed by atoms with Crippen molar-refractivity contribution >= 4 is 5.91 Å². The van der Waals surface area contributed by atoms with Crippen LogP contribution in [0.25, 0.3) is 0 Å². The molecule has 0 radical (unpaired) electrons. The van der Waals surface area contributed by atoms with Crippen molar-refractivity contribution in [2.45, 2.75) is 44.1 Å². The summed E-state index contributed by atoms with van der Waals surface area (Å²) >= 11 is 0. The highest BCUT2D eigenvalue weighted by Crippen LogP contribution is 2.27. The van der Waals surface area contributed by atoms with Crippen LogP contribution in [0.5, 0.6) is 5.75 Å². The normalized spacial score (nSPS) is 17.4. The van der Waals surface area contributed by atoms with Gasteiger partial charge in [0.05, 0.1) is 18.6 Å². The number of benzene rings is 1. The fraction of sp³-hybridized carbons (Fsp3) is 0.562. The Bertz CT molecular complexity index is 413. The van der Waals surface area contributed by atoms with Crippen LogP contribution < -0.4 is 10.1 Å². The van der Waals surface area contributed by atoms with Gasteiger partial charge in [0.15, 0.2) is 0 Å². The second-order valence-electron chi connectivity index (χ2n) is 5.47. The maximum atomic E-state index is 11.7. The molecular weight excluding hydrogens is 254 g/mol. The third-order valence-corrected chi connectivity index (χ3v) is 3.74. The van der Waals surface area contributed by atoms with E-state index in [0.29, 0.717) is 19.6 Å². The van der Waals surface area contributed by atoms with Crippen molar-refractivity contribution in [3.63, 3.8) is 0 Å². The van der Waals surface area contributed by atoms with E-state index in [1.807, 2.05) is 30.3 Å². The quantitative estimate of drug-likeness (QED) is 0.838. The summed E-state index contributed by atoms with van der Waals surface area (Å²) in [6.07, 6.45) is 5.15. The van der Waals surface area contributed by atoms with E-state index < -0.39 is 5.60 Å². The van der Waals surface area contributed by atoms with Gasteiger partial charge in [0.1, 0.15) is 5.75 Å². The molecule has 20 heavy (non-hydrogen) atoms. The minimum atomic E-state index is -0.700. The highest BCUT2D eigenvalue weighted by Gasteiger charge is 2.29. The molecule has 4 heteroatoms. The lowest BCUT2D eigenvalue weighted by atomic mass is 9.85. The van der Waals surface area contributed by atoms with Crippen molar-refractivity contribution in [3.8, 4) is 5.75 Å². The molecule has 0 bridgehead atoms. The van der Waals surface area contributed by atoms with Gasteiger partial charge in [-0.1, -0.05) is 37.5 Å². The Hall–Kier alpha value is -1.55. The van der Waals surface area contributed by atoms with Crippen LogP contribution in [0.15, 0.2) is 30.3 Å². The largest absolute Gasteiger partial charge is 0.493 e. The molecule has 2 rings (SSSR count). The summed E-state index contributed by atoms with van der Waals surface area (Å²) in [5.41, 5.74) is -0.700. The first-order valence-corrected chi connectivity index (χ1v) is 7.35. The van der Waals surface area contributed by atoms with Crippen LogP contribution in [-0.2, 0) is 4.79 Å². The van der Waals surface area contributed by atoms with E-state index in [1.54, 1.807) is 0 Å². The number of para-hydroxylation sites is 1. The van der Waals surface area contributed by atoms with Gasteiger partial charge in [0, 0.05) is 6.54 Å². The SMILES string of the molecule is O=C(CCOc1ccccc1)NCC1(O)CCCCC1. The van der Waals surface area contributed by atoms with Gasteiger partial charge in [0.2, 0.25) is 5.91 Å². The van der Waals surface area contributed by atoms with E-state index in [0.717, 1.165) is 31.4 Å². The van der Waals surface area contributed by atoms with Crippen LogP contribution in [0.2, 0.25) is 0 Å². The molecule has 110 valence electrons. The minimum Gasteiger partial charge on any atom is -0.493 e. The maximum absolute atomic E-state index is 11.7. The lowest BCUT2D eigenvalue weighted by Crippen LogP contribution is -2.44. The van der Waals surface area contributed by atoms with Crippen LogP contribution in [0, 0.1) is 0 Å². The minimum absolute atomic E-state index is 0.0695. The van der Waals surface area contributed by atoms with Gasteiger partial charge >= 0.3 is 0 Å². The number of rotatable bonds is 6. The Labute approximate surface area is 120 Å². The van der Waals surface area contributed by atoms with Crippen molar-refractivity contribution in [1.29, 1.82) is 0 Å². The number of aliphatic hydroxyl groups is 1. The molecule has 0 aromatic heterocycles. The molecule has 0 aliphatic heterocycles. The zero-order valence-electron chi connectivity index (χ0n) is 11.8. The predicted molar refractivity (Wildman–Crippen MR) is 77.6 cm³/mol.